The summed E-state index contributed by atoms with van der Waals surface area (Å²) < 4.78 is 37.1. The number of nitrogens with two attached hydrogens (primary N) is 2. The topological polar surface area (TPSA) is 475 Å². The molecule has 5 aromatic rings. The van der Waals surface area contributed by atoms with Crippen molar-refractivity contribution in [1.29, 1.82) is 0 Å². The number of nitrogens with one attached hydrogen (secondary N) is 5. The van der Waals surface area contributed by atoms with Gasteiger partial charge in [0.1, 0.15) is 108 Å². The van der Waals surface area contributed by atoms with E-state index in [0.717, 1.165) is 63.6 Å². The van der Waals surface area contributed by atoms with Gasteiger partial charge in [-0.05, 0) is 95.3 Å². The molecule has 2 saturated heterocycles. The first-order valence-electron chi connectivity index (χ1n) is 31.7. The maximum Gasteiger partial charge on any atom is 0.247 e. The Labute approximate surface area is 566 Å². The largest absolute Gasteiger partial charge is 0.508 e. The number of halogens is 2. The first-order valence-corrected chi connectivity index (χ1v) is 32.4. The van der Waals surface area contributed by atoms with Crippen molar-refractivity contribution in [2.75, 3.05) is 26.4 Å². The third kappa shape index (κ3) is 17.1. The summed E-state index contributed by atoms with van der Waals surface area (Å²) in [7, 11) is 0. The van der Waals surface area contributed by atoms with E-state index in [0.29, 0.717) is 18.4 Å². The van der Waals surface area contributed by atoms with Gasteiger partial charge in [-0.1, -0.05) is 93.3 Å². The number of hydrogen-bond donors (Lipinski definition) is 18. The second kappa shape index (κ2) is 32.8. The van der Waals surface area contributed by atoms with E-state index < -0.39 is 169 Å². The van der Waals surface area contributed by atoms with Crippen LogP contribution in [-0.4, -0.2) is 186 Å². The fourth-order valence-electron chi connectivity index (χ4n) is 11.9. The fourth-order valence-corrected chi connectivity index (χ4v) is 12.4. The molecule has 97 heavy (non-hydrogen) atoms. The van der Waals surface area contributed by atoms with Gasteiger partial charge in [-0.2, -0.15) is 0 Å². The number of aliphatic hydroxyl groups excluding tert-OH is 8. The number of phenolic OH excluding ortho intramolecular Hbond substituents is 3. The molecule has 0 spiro atoms. The quantitative estimate of drug-likeness (QED) is 0.0442. The molecule has 8 bridgehead atoms. The molecule has 0 aliphatic carbocycles. The lowest BCUT2D eigenvalue weighted by molar-refractivity contribution is -0.284. The van der Waals surface area contributed by atoms with E-state index in [1.807, 2.05) is 0 Å². The molecule has 526 valence electrons. The number of rotatable bonds is 22. The van der Waals surface area contributed by atoms with Gasteiger partial charge in [0.05, 0.1) is 29.9 Å². The number of hydrogen-bond acceptors (Lipinski definition) is 24. The van der Waals surface area contributed by atoms with Crippen molar-refractivity contribution < 1.29 is 109 Å². The summed E-state index contributed by atoms with van der Waals surface area (Å²) >= 11 is 13.8. The third-order valence-corrected chi connectivity index (χ3v) is 17.7. The second-order valence-electron chi connectivity index (χ2n) is 24.3. The molecule has 10 rings (SSSR count). The Morgan fingerprint density at radius 3 is 2.02 bits per heavy atom. The van der Waals surface area contributed by atoms with Crippen molar-refractivity contribution in [3.05, 3.63) is 117 Å². The van der Waals surface area contributed by atoms with Crippen LogP contribution in [0.2, 0.25) is 10.0 Å². The highest BCUT2D eigenvalue weighted by molar-refractivity contribution is 6.32. The summed E-state index contributed by atoms with van der Waals surface area (Å²) in [5.41, 5.74) is 11.8. The normalized spacial score (nSPS) is 26.8. The summed E-state index contributed by atoms with van der Waals surface area (Å²) in [4.78, 5) is 75.2. The SMILES string of the molecule is CCCCCCCCCCNC(=O)[C@H]1NC(=O)[C@H]2NC(=O)[C@H](NC(=O)[C@H](N)c3cc(Oc4ccc(C[C@@H](N)CO)cc4Cl)c(O)c(c3)Oc3ccc(cc3Cl)[C@H]2O[C@@H]2O[C@@H](CO)[C@@H](O)[C@H](O)[C@@H]2NC(C)=O)c2ccc(O)c(c2)-c2c(O[C@H]3O[C@H](CO)[C@@H](O)[C@@H](O)[C@@H]3O)cc(O)cc21. The molecule has 0 unspecified atom stereocenters. The Hall–Kier alpha value is -7.69. The molecule has 29 nitrogen and oxygen atoms in total. The van der Waals surface area contributed by atoms with E-state index in [-0.39, 0.29) is 80.2 Å². The predicted octanol–water partition coefficient (Wildman–Crippen LogP) is 2.19. The zero-order valence-corrected chi connectivity index (χ0v) is 54.3. The van der Waals surface area contributed by atoms with Gasteiger partial charge in [0, 0.05) is 36.7 Å². The minimum Gasteiger partial charge on any atom is -0.508 e. The summed E-state index contributed by atoms with van der Waals surface area (Å²) in [6, 6.07) is 5.55. The van der Waals surface area contributed by atoms with Crippen molar-refractivity contribution in [2.45, 2.75) is 169 Å². The van der Waals surface area contributed by atoms with E-state index in [2.05, 4.69) is 33.5 Å². The zero-order chi connectivity index (χ0) is 70.1. The minimum atomic E-state index is -2.23. The Balaban J connectivity index is 1.26. The molecule has 0 saturated carbocycles. The number of ether oxygens (including phenoxy) is 6. The van der Waals surface area contributed by atoms with Gasteiger partial charge >= 0.3 is 0 Å². The molecule has 0 aromatic heterocycles. The first kappa shape index (κ1) is 73.6. The van der Waals surface area contributed by atoms with Crippen LogP contribution >= 0.6 is 23.2 Å². The maximum absolute atomic E-state index is 16.1. The summed E-state index contributed by atoms with van der Waals surface area (Å²) in [6.07, 6.45) is -11.7. The van der Waals surface area contributed by atoms with E-state index in [1.165, 1.54) is 54.6 Å². The summed E-state index contributed by atoms with van der Waals surface area (Å²) in [6.45, 7) is 1.01. The number of benzene rings is 5. The number of aliphatic hydroxyl groups is 8. The molecule has 5 aromatic carbocycles. The lowest BCUT2D eigenvalue weighted by atomic mass is 9.89. The van der Waals surface area contributed by atoms with Crippen LogP contribution in [0.3, 0.4) is 0 Å². The van der Waals surface area contributed by atoms with Crippen LogP contribution < -0.4 is 52.3 Å². The number of phenols is 3. The van der Waals surface area contributed by atoms with Gasteiger partial charge in [0.2, 0.25) is 41.6 Å². The Bertz CT molecular complexity index is 3650. The van der Waals surface area contributed by atoms with Crippen LogP contribution in [0.25, 0.3) is 11.1 Å². The van der Waals surface area contributed by atoms with Crippen LogP contribution in [0.5, 0.6) is 46.0 Å². The van der Waals surface area contributed by atoms with Crippen LogP contribution in [0, 0.1) is 0 Å². The number of carbonyl (C=O) groups excluding carboxylic acids is 5. The lowest BCUT2D eigenvalue weighted by Gasteiger charge is -2.44. The molecule has 5 heterocycles. The maximum atomic E-state index is 16.1. The Morgan fingerprint density at radius 2 is 1.35 bits per heavy atom. The van der Waals surface area contributed by atoms with Gasteiger partial charge in [-0.15, -0.1) is 0 Å². The first-order chi connectivity index (χ1) is 46.3. The number of aromatic hydroxyl groups is 3. The monoisotopic (exact) mass is 1390 g/mol. The smallest absolute Gasteiger partial charge is 0.247 e. The lowest BCUT2D eigenvalue weighted by Crippen LogP contribution is -2.65. The van der Waals surface area contributed by atoms with E-state index >= 15 is 19.2 Å². The van der Waals surface area contributed by atoms with Gasteiger partial charge in [-0.3, -0.25) is 24.0 Å². The highest BCUT2D eigenvalue weighted by atomic mass is 35.5. The van der Waals surface area contributed by atoms with Crippen molar-refractivity contribution >= 4 is 52.7 Å². The molecule has 16 atom stereocenters. The predicted molar refractivity (Wildman–Crippen MR) is 345 cm³/mol. The molecule has 5 amide bonds. The van der Waals surface area contributed by atoms with Crippen LogP contribution in [0.1, 0.15) is 117 Å². The van der Waals surface area contributed by atoms with Crippen molar-refractivity contribution in [3.63, 3.8) is 0 Å². The van der Waals surface area contributed by atoms with Crippen molar-refractivity contribution in [3.8, 4) is 57.1 Å². The standard InChI is InChI=1S/C66H81Cl2N7O22/c1-3-4-5-6-7-8-9-10-17-71-62(89)51-37-24-35(80)25-43(94-66-59(87)58(86)56(84)47(28-78)96-66)48(37)36-20-31(12-14-40(36)81)50-63(90)75-53(64(91)74-51)60(97-65-52(72-29(2)79)57(85)55(83)46(27-77)95-65)32-13-16-42(39(68)21-32)93-45-23-33(49(70)61(88)73-50)22-44(54(45)82)92-41-15-11-30(19-38(41)67)18-34(69)26-76/h11-16,19-25,34,46-47,49-53,55-60,65-66,76-78,80-87H,3-10,17-18,26-28,69-70H2,1-2H3,(H,71,89)(H,72,79)(H,73,88)(H,74,91)(H,75,90)/t34-,46+,47-,49-,50-,51+,52+,53+,55-,56-,57-,58-,59+,60-,65+,66+/m1/s1. The molecule has 2 fully saturated rings. The van der Waals surface area contributed by atoms with E-state index in [4.69, 9.17) is 63.1 Å². The zero-order valence-electron chi connectivity index (χ0n) is 52.8. The molecule has 20 N–H and O–H groups in total. The average Bonchev–Trinajstić information content (AvgIpc) is 0.754. The minimum absolute atomic E-state index is 0.00982. The molecule has 5 aliphatic heterocycles. The van der Waals surface area contributed by atoms with Gasteiger partial charge in [0.25, 0.3) is 0 Å². The van der Waals surface area contributed by atoms with Crippen LogP contribution in [-0.2, 0) is 44.6 Å². The number of unbranched alkanes of at least 4 members (excludes halogenated alkanes) is 7. The summed E-state index contributed by atoms with van der Waals surface area (Å²) in [5, 5.41) is 135. The second-order valence-corrected chi connectivity index (χ2v) is 25.1. The Kier molecular flexibility index (Phi) is 24.9. The fraction of sp³-hybridized carbons (Fsp3) is 0.470. The number of amides is 5. The third-order valence-electron chi connectivity index (χ3n) is 17.1. The number of carbonyl (C=O) groups is 5. The highest BCUT2D eigenvalue weighted by Crippen LogP contribution is 2.49. The van der Waals surface area contributed by atoms with E-state index in [9.17, 15) is 61.0 Å². The molecule has 31 heteroatoms. The number of fused-ring (bicyclic) bond motifs is 8. The molecular weight excluding hydrogens is 1310 g/mol. The molecule has 5 aliphatic rings. The van der Waals surface area contributed by atoms with Crippen molar-refractivity contribution in [1.82, 2.24) is 26.6 Å². The molecular formula is C66H81Cl2N7O22. The van der Waals surface area contributed by atoms with Gasteiger partial charge < -0.3 is 123 Å². The average molecular weight is 1400 g/mol. The van der Waals surface area contributed by atoms with Crippen molar-refractivity contribution in [2.24, 2.45) is 11.5 Å². The van der Waals surface area contributed by atoms with Gasteiger partial charge in [0.15, 0.2) is 17.8 Å². The molecule has 0 radical (unpaired) electrons. The highest BCUT2D eigenvalue weighted by Gasteiger charge is 2.50. The van der Waals surface area contributed by atoms with E-state index in [1.54, 1.807) is 6.07 Å². The van der Waals surface area contributed by atoms with Crippen LogP contribution in [0.4, 0.5) is 0 Å². The van der Waals surface area contributed by atoms with Crippen LogP contribution in [0.15, 0.2) is 78.9 Å². The van der Waals surface area contributed by atoms with Gasteiger partial charge in [-0.25, -0.2) is 0 Å². The summed E-state index contributed by atoms with van der Waals surface area (Å²) in [5.74, 6) is -9.17. The Morgan fingerprint density at radius 1 is 0.670 bits per heavy atom.